The second kappa shape index (κ2) is 13.0. The Labute approximate surface area is 322 Å². The number of nitrogens with zero attached hydrogens (tertiary/aromatic N) is 3. The Morgan fingerprint density at radius 1 is 0.286 bits per heavy atom. The summed E-state index contributed by atoms with van der Waals surface area (Å²) in [5, 5.41) is 4.15. The fourth-order valence-corrected chi connectivity index (χ4v) is 7.88. The number of fused-ring (bicyclic) bond motifs is 6. The highest BCUT2D eigenvalue weighted by atomic mass is 16.3. The number of furan rings is 2. The Kier molecular flexibility index (Phi) is 7.42. The van der Waals surface area contributed by atoms with Crippen molar-refractivity contribution >= 4 is 43.9 Å². The van der Waals surface area contributed by atoms with Gasteiger partial charge in [-0.2, -0.15) is 0 Å². The molecule has 11 rings (SSSR count). The predicted octanol–water partition coefficient (Wildman–Crippen LogP) is 13.7. The second-order valence-electron chi connectivity index (χ2n) is 13.9. The molecule has 3 aromatic heterocycles. The molecular weight excluding hydrogens is 687 g/mol. The van der Waals surface area contributed by atoms with Gasteiger partial charge in [-0.15, -0.1) is 0 Å². The smallest absolute Gasteiger partial charge is 0.167 e. The molecule has 56 heavy (non-hydrogen) atoms. The highest BCUT2D eigenvalue weighted by molar-refractivity contribution is 6.19. The summed E-state index contributed by atoms with van der Waals surface area (Å²) in [6.07, 6.45) is 0. The second-order valence-corrected chi connectivity index (χ2v) is 13.9. The van der Waals surface area contributed by atoms with Gasteiger partial charge in [0.15, 0.2) is 17.5 Å². The average molecular weight is 718 g/mol. The molecule has 3 heterocycles. The van der Waals surface area contributed by atoms with Crippen LogP contribution in [0.25, 0.3) is 111 Å². The summed E-state index contributed by atoms with van der Waals surface area (Å²) in [4.78, 5) is 15.6. The van der Waals surface area contributed by atoms with Crippen LogP contribution in [0.1, 0.15) is 0 Å². The Morgan fingerprint density at radius 2 is 0.768 bits per heavy atom. The first-order valence-electron chi connectivity index (χ1n) is 18.7. The molecule has 0 N–H and O–H groups in total. The van der Waals surface area contributed by atoms with Crippen LogP contribution in [0.5, 0.6) is 0 Å². The molecule has 5 nitrogen and oxygen atoms in total. The molecule has 0 bridgehead atoms. The zero-order valence-corrected chi connectivity index (χ0v) is 30.1. The summed E-state index contributed by atoms with van der Waals surface area (Å²) in [7, 11) is 0. The molecular formula is C51H31N3O2. The van der Waals surface area contributed by atoms with Gasteiger partial charge in [-0.25, -0.2) is 15.0 Å². The Hall–Kier alpha value is -7.63. The molecule has 262 valence electrons. The number of hydrogen-bond acceptors (Lipinski definition) is 5. The maximum Gasteiger partial charge on any atom is 0.167 e. The van der Waals surface area contributed by atoms with E-state index in [4.69, 9.17) is 23.8 Å². The van der Waals surface area contributed by atoms with Crippen molar-refractivity contribution in [1.82, 2.24) is 15.0 Å². The third-order valence-electron chi connectivity index (χ3n) is 10.5. The van der Waals surface area contributed by atoms with Gasteiger partial charge in [0.1, 0.15) is 22.3 Å². The number of rotatable bonds is 6. The minimum Gasteiger partial charge on any atom is -0.455 e. The van der Waals surface area contributed by atoms with Gasteiger partial charge in [-0.3, -0.25) is 0 Å². The summed E-state index contributed by atoms with van der Waals surface area (Å²) in [5.41, 5.74) is 12.1. The van der Waals surface area contributed by atoms with E-state index >= 15 is 0 Å². The van der Waals surface area contributed by atoms with Gasteiger partial charge in [0.2, 0.25) is 0 Å². The minimum atomic E-state index is 0.526. The Balaban J connectivity index is 1.17. The lowest BCUT2D eigenvalue weighted by atomic mass is 9.95. The van der Waals surface area contributed by atoms with Crippen molar-refractivity contribution < 1.29 is 8.83 Å². The number of aromatic nitrogens is 3. The van der Waals surface area contributed by atoms with Crippen LogP contribution in [0.4, 0.5) is 0 Å². The lowest BCUT2D eigenvalue weighted by Crippen LogP contribution is -2.01. The van der Waals surface area contributed by atoms with Crippen molar-refractivity contribution in [3.63, 3.8) is 0 Å². The van der Waals surface area contributed by atoms with Gasteiger partial charge in [0.25, 0.3) is 0 Å². The molecule has 0 spiro atoms. The number of hydrogen-bond donors (Lipinski definition) is 0. The van der Waals surface area contributed by atoms with Gasteiger partial charge in [0.05, 0.1) is 5.56 Å². The normalized spacial score (nSPS) is 11.6. The molecule has 8 aromatic carbocycles. The zero-order chi connectivity index (χ0) is 37.0. The summed E-state index contributed by atoms with van der Waals surface area (Å²) >= 11 is 0. The third kappa shape index (κ3) is 5.37. The standard InChI is InChI=1S/C51H31N3O2/c1-4-15-32(16-5-1)35-29-36(33-17-6-2-7-18-33)31-37(30-35)50-52-49(34-19-8-3-9-20-34)53-51(54-50)43-28-27-39(46-42-22-11-13-26-45(42)56-48(43)46)41-24-14-23-40-38-21-10-12-25-44(38)55-47(40)41/h1-31H. The first-order chi connectivity index (χ1) is 27.7. The van der Waals surface area contributed by atoms with E-state index in [1.54, 1.807) is 0 Å². The van der Waals surface area contributed by atoms with Crippen LogP contribution in [-0.4, -0.2) is 15.0 Å². The molecule has 0 saturated carbocycles. The highest BCUT2D eigenvalue weighted by Crippen LogP contribution is 2.45. The van der Waals surface area contributed by atoms with E-state index in [9.17, 15) is 0 Å². The van der Waals surface area contributed by atoms with E-state index in [0.717, 1.165) is 88.4 Å². The topological polar surface area (TPSA) is 65.0 Å². The highest BCUT2D eigenvalue weighted by Gasteiger charge is 2.23. The summed E-state index contributed by atoms with van der Waals surface area (Å²) in [6.45, 7) is 0. The molecule has 0 aliphatic carbocycles. The van der Waals surface area contributed by atoms with E-state index in [1.165, 1.54) is 0 Å². The van der Waals surface area contributed by atoms with Crippen molar-refractivity contribution in [2.45, 2.75) is 0 Å². The van der Waals surface area contributed by atoms with E-state index in [2.05, 4.69) is 109 Å². The number of para-hydroxylation sites is 3. The molecule has 11 aromatic rings. The molecule has 0 atom stereocenters. The monoisotopic (exact) mass is 717 g/mol. The van der Waals surface area contributed by atoms with E-state index < -0.39 is 0 Å². The van der Waals surface area contributed by atoms with Gasteiger partial charge in [0, 0.05) is 38.2 Å². The van der Waals surface area contributed by atoms with Crippen molar-refractivity contribution in [3.05, 3.63) is 188 Å². The molecule has 0 aliphatic heterocycles. The van der Waals surface area contributed by atoms with Crippen LogP contribution in [0.2, 0.25) is 0 Å². The van der Waals surface area contributed by atoms with E-state index in [0.29, 0.717) is 23.1 Å². The van der Waals surface area contributed by atoms with E-state index in [1.807, 2.05) is 78.9 Å². The average Bonchev–Trinajstić information content (AvgIpc) is 3.86. The largest absolute Gasteiger partial charge is 0.455 e. The SMILES string of the molecule is c1ccc(-c2cc(-c3ccccc3)cc(-c3nc(-c4ccccc4)nc(-c4ccc(-c5cccc6c5oc5ccccc56)c5c4oc4ccccc45)n3)c2)cc1. The van der Waals surface area contributed by atoms with Crippen LogP contribution < -0.4 is 0 Å². The first-order valence-corrected chi connectivity index (χ1v) is 18.7. The van der Waals surface area contributed by atoms with E-state index in [-0.39, 0.29) is 0 Å². The van der Waals surface area contributed by atoms with Crippen molar-refractivity contribution in [2.75, 3.05) is 0 Å². The first kappa shape index (κ1) is 31.9. The summed E-state index contributed by atoms with van der Waals surface area (Å²) in [6, 6.07) is 64.5. The zero-order valence-electron chi connectivity index (χ0n) is 30.1. The summed E-state index contributed by atoms with van der Waals surface area (Å²) in [5.74, 6) is 1.68. The van der Waals surface area contributed by atoms with Crippen molar-refractivity contribution in [3.8, 4) is 67.5 Å². The molecule has 5 heteroatoms. The quantitative estimate of drug-likeness (QED) is 0.171. The van der Waals surface area contributed by atoms with Crippen LogP contribution in [0.3, 0.4) is 0 Å². The van der Waals surface area contributed by atoms with Crippen LogP contribution in [0, 0.1) is 0 Å². The summed E-state index contributed by atoms with van der Waals surface area (Å²) < 4.78 is 13.3. The fraction of sp³-hybridized carbons (Fsp3) is 0. The molecule has 0 unspecified atom stereocenters. The van der Waals surface area contributed by atoms with Crippen molar-refractivity contribution in [1.29, 1.82) is 0 Å². The fourth-order valence-electron chi connectivity index (χ4n) is 7.88. The number of benzene rings is 8. The van der Waals surface area contributed by atoms with Crippen molar-refractivity contribution in [2.24, 2.45) is 0 Å². The molecule has 0 fully saturated rings. The Bertz CT molecular complexity index is 3180. The van der Waals surface area contributed by atoms with Gasteiger partial charge >= 0.3 is 0 Å². The van der Waals surface area contributed by atoms with Gasteiger partial charge in [-0.1, -0.05) is 152 Å². The lowest BCUT2D eigenvalue weighted by molar-refractivity contribution is 0.669. The predicted molar refractivity (Wildman–Crippen MR) is 227 cm³/mol. The maximum atomic E-state index is 6.79. The molecule has 0 saturated heterocycles. The van der Waals surface area contributed by atoms with Crippen LogP contribution in [0.15, 0.2) is 197 Å². The van der Waals surface area contributed by atoms with Crippen LogP contribution >= 0.6 is 0 Å². The molecule has 0 radical (unpaired) electrons. The Morgan fingerprint density at radius 3 is 1.45 bits per heavy atom. The maximum absolute atomic E-state index is 6.79. The minimum absolute atomic E-state index is 0.526. The van der Waals surface area contributed by atoms with Crippen LogP contribution in [-0.2, 0) is 0 Å². The van der Waals surface area contributed by atoms with Gasteiger partial charge < -0.3 is 8.83 Å². The molecule has 0 amide bonds. The van der Waals surface area contributed by atoms with Gasteiger partial charge in [-0.05, 0) is 64.2 Å². The third-order valence-corrected chi connectivity index (χ3v) is 10.5. The molecule has 0 aliphatic rings. The lowest BCUT2D eigenvalue weighted by Gasteiger charge is -2.13.